The number of hydrogen-bond donors (Lipinski definition) is 1. The topological polar surface area (TPSA) is 67.6 Å². The number of likely N-dealkylation sites (N-methyl/N-ethyl adjacent to an activating group) is 1. The van der Waals surface area contributed by atoms with E-state index in [0.29, 0.717) is 23.7 Å². The number of morpholine rings is 1. The first kappa shape index (κ1) is 15.2. The Morgan fingerprint density at radius 2 is 2.40 bits per heavy atom. The van der Waals surface area contributed by atoms with Crippen LogP contribution in [0, 0.1) is 10.1 Å². The van der Waals surface area contributed by atoms with Crippen molar-refractivity contribution >= 4 is 17.3 Å². The van der Waals surface area contributed by atoms with Gasteiger partial charge in [0.2, 0.25) is 0 Å². The number of ether oxygens (including phenoxy) is 1. The summed E-state index contributed by atoms with van der Waals surface area (Å²) in [7, 11) is 1.88. The first-order chi connectivity index (χ1) is 9.61. The molecule has 0 aromatic heterocycles. The second kappa shape index (κ2) is 6.99. The standard InChI is InChI=1S/C13H18ClN3O3/c1-15-7-10-8-16(5-6-20-10)9-11-12(14)3-2-4-13(11)17(18)19/h2-4,10,15H,5-9H2,1H3. The zero-order valence-corrected chi connectivity index (χ0v) is 12.1. The molecule has 1 N–H and O–H groups in total. The van der Waals surface area contributed by atoms with Gasteiger partial charge in [0.25, 0.3) is 5.69 Å². The molecule has 0 bridgehead atoms. The Morgan fingerprint density at radius 1 is 1.60 bits per heavy atom. The summed E-state index contributed by atoms with van der Waals surface area (Å²) in [6.07, 6.45) is 0.107. The van der Waals surface area contributed by atoms with Gasteiger partial charge in [0.05, 0.1) is 28.2 Å². The average molecular weight is 300 g/mol. The first-order valence-electron chi connectivity index (χ1n) is 6.52. The number of nitrogens with one attached hydrogen (secondary N) is 1. The van der Waals surface area contributed by atoms with E-state index in [9.17, 15) is 10.1 Å². The Bertz CT molecular complexity index is 482. The molecule has 20 heavy (non-hydrogen) atoms. The van der Waals surface area contributed by atoms with Crippen molar-refractivity contribution < 1.29 is 9.66 Å². The van der Waals surface area contributed by atoms with Crippen molar-refractivity contribution in [2.24, 2.45) is 0 Å². The molecule has 1 saturated heterocycles. The fraction of sp³-hybridized carbons (Fsp3) is 0.538. The molecule has 0 aliphatic carbocycles. The van der Waals surface area contributed by atoms with Crippen molar-refractivity contribution in [2.75, 3.05) is 33.3 Å². The fourth-order valence-corrected chi connectivity index (χ4v) is 2.60. The highest BCUT2D eigenvalue weighted by atomic mass is 35.5. The summed E-state index contributed by atoms with van der Waals surface area (Å²) in [6, 6.07) is 4.79. The van der Waals surface area contributed by atoms with E-state index in [0.717, 1.165) is 19.6 Å². The van der Waals surface area contributed by atoms with Gasteiger partial charge < -0.3 is 10.1 Å². The maximum Gasteiger partial charge on any atom is 0.275 e. The molecule has 1 aromatic rings. The third-order valence-corrected chi connectivity index (χ3v) is 3.68. The van der Waals surface area contributed by atoms with Crippen molar-refractivity contribution in [1.29, 1.82) is 0 Å². The van der Waals surface area contributed by atoms with Gasteiger partial charge in [-0.2, -0.15) is 0 Å². The van der Waals surface area contributed by atoms with Crippen molar-refractivity contribution in [3.8, 4) is 0 Å². The minimum atomic E-state index is -0.382. The van der Waals surface area contributed by atoms with Crippen LogP contribution in [0.2, 0.25) is 5.02 Å². The fourth-order valence-electron chi connectivity index (χ4n) is 2.37. The van der Waals surface area contributed by atoms with Gasteiger partial charge in [-0.25, -0.2) is 0 Å². The summed E-state index contributed by atoms with van der Waals surface area (Å²) in [5.41, 5.74) is 0.651. The maximum atomic E-state index is 11.1. The van der Waals surface area contributed by atoms with Crippen LogP contribution in [0.25, 0.3) is 0 Å². The quantitative estimate of drug-likeness (QED) is 0.662. The monoisotopic (exact) mass is 299 g/mol. The lowest BCUT2D eigenvalue weighted by molar-refractivity contribution is -0.385. The third kappa shape index (κ3) is 3.67. The molecule has 7 heteroatoms. The average Bonchev–Trinajstić information content (AvgIpc) is 2.41. The Kier molecular flexibility index (Phi) is 5.31. The zero-order chi connectivity index (χ0) is 14.5. The number of nitro benzene ring substituents is 1. The van der Waals surface area contributed by atoms with Crippen molar-refractivity contribution in [3.63, 3.8) is 0 Å². The van der Waals surface area contributed by atoms with Gasteiger partial charge in [0, 0.05) is 32.2 Å². The number of rotatable bonds is 5. The number of nitro groups is 1. The van der Waals surface area contributed by atoms with Crippen LogP contribution in [-0.2, 0) is 11.3 Å². The van der Waals surface area contributed by atoms with E-state index in [1.54, 1.807) is 12.1 Å². The lowest BCUT2D eigenvalue weighted by Crippen LogP contribution is -2.45. The van der Waals surface area contributed by atoms with E-state index in [-0.39, 0.29) is 16.7 Å². The Morgan fingerprint density at radius 3 is 3.10 bits per heavy atom. The number of nitrogens with zero attached hydrogens (tertiary/aromatic N) is 2. The molecule has 1 aliphatic rings. The minimum absolute atomic E-state index is 0.0779. The van der Waals surface area contributed by atoms with Crippen LogP contribution >= 0.6 is 11.6 Å². The van der Waals surface area contributed by atoms with E-state index in [2.05, 4.69) is 10.2 Å². The van der Waals surface area contributed by atoms with E-state index < -0.39 is 0 Å². The molecule has 1 aliphatic heterocycles. The third-order valence-electron chi connectivity index (χ3n) is 3.33. The molecule has 6 nitrogen and oxygen atoms in total. The number of halogens is 1. The van der Waals surface area contributed by atoms with Crippen LogP contribution in [0.15, 0.2) is 18.2 Å². The molecule has 2 rings (SSSR count). The van der Waals surface area contributed by atoms with Crippen LogP contribution in [0.5, 0.6) is 0 Å². The summed E-state index contributed by atoms with van der Waals surface area (Å²) < 4.78 is 5.62. The molecule has 1 unspecified atom stereocenters. The largest absolute Gasteiger partial charge is 0.374 e. The molecule has 1 aromatic carbocycles. The molecular weight excluding hydrogens is 282 g/mol. The molecule has 0 radical (unpaired) electrons. The summed E-state index contributed by atoms with van der Waals surface area (Å²) in [4.78, 5) is 12.8. The lowest BCUT2D eigenvalue weighted by Gasteiger charge is -2.32. The second-order valence-electron chi connectivity index (χ2n) is 4.78. The smallest absolute Gasteiger partial charge is 0.275 e. The Balaban J connectivity index is 2.11. The van der Waals surface area contributed by atoms with E-state index in [4.69, 9.17) is 16.3 Å². The van der Waals surface area contributed by atoms with E-state index in [1.807, 2.05) is 7.05 Å². The van der Waals surface area contributed by atoms with Crippen LogP contribution in [0.3, 0.4) is 0 Å². The van der Waals surface area contributed by atoms with Gasteiger partial charge in [-0.3, -0.25) is 15.0 Å². The number of hydrogen-bond acceptors (Lipinski definition) is 5. The zero-order valence-electron chi connectivity index (χ0n) is 11.3. The van der Waals surface area contributed by atoms with Crippen molar-refractivity contribution in [3.05, 3.63) is 38.9 Å². The normalized spacial score (nSPS) is 20.0. The van der Waals surface area contributed by atoms with E-state index in [1.165, 1.54) is 6.07 Å². The molecule has 0 spiro atoms. The highest BCUT2D eigenvalue weighted by Gasteiger charge is 2.24. The van der Waals surface area contributed by atoms with Crippen LogP contribution in [0.4, 0.5) is 5.69 Å². The molecular formula is C13H18ClN3O3. The summed E-state index contributed by atoms with van der Waals surface area (Å²) >= 11 is 6.12. The van der Waals surface area contributed by atoms with Crippen LogP contribution < -0.4 is 5.32 Å². The Labute approximate surface area is 122 Å². The van der Waals surface area contributed by atoms with Crippen molar-refractivity contribution in [2.45, 2.75) is 12.6 Å². The highest BCUT2D eigenvalue weighted by molar-refractivity contribution is 6.31. The van der Waals surface area contributed by atoms with Crippen LogP contribution in [0.1, 0.15) is 5.56 Å². The minimum Gasteiger partial charge on any atom is -0.374 e. The van der Waals surface area contributed by atoms with Gasteiger partial charge >= 0.3 is 0 Å². The summed E-state index contributed by atoms with van der Waals surface area (Å²) in [5, 5.41) is 14.6. The van der Waals surface area contributed by atoms with Gasteiger partial charge in [-0.15, -0.1) is 0 Å². The van der Waals surface area contributed by atoms with E-state index >= 15 is 0 Å². The van der Waals surface area contributed by atoms with Crippen molar-refractivity contribution in [1.82, 2.24) is 10.2 Å². The predicted octanol–water partition coefficient (Wildman–Crippen LogP) is 1.67. The first-order valence-corrected chi connectivity index (χ1v) is 6.90. The van der Waals surface area contributed by atoms with Gasteiger partial charge in [-0.05, 0) is 13.1 Å². The molecule has 110 valence electrons. The molecule has 1 atom stereocenters. The van der Waals surface area contributed by atoms with Gasteiger partial charge in [0.1, 0.15) is 0 Å². The molecule has 1 heterocycles. The predicted molar refractivity (Wildman–Crippen MR) is 77.1 cm³/mol. The summed E-state index contributed by atoms with van der Waals surface area (Å²) in [5.74, 6) is 0. The highest BCUT2D eigenvalue weighted by Crippen LogP contribution is 2.28. The molecule has 0 amide bonds. The lowest BCUT2D eigenvalue weighted by atomic mass is 10.1. The number of benzene rings is 1. The van der Waals surface area contributed by atoms with Gasteiger partial charge in [0.15, 0.2) is 0 Å². The SMILES string of the molecule is CNCC1CN(Cc2c(Cl)cccc2[N+](=O)[O-])CCO1. The second-order valence-corrected chi connectivity index (χ2v) is 5.19. The Hall–Kier alpha value is -1.21. The summed E-state index contributed by atoms with van der Waals surface area (Å²) in [6.45, 7) is 3.36. The van der Waals surface area contributed by atoms with Crippen LogP contribution in [-0.4, -0.2) is 49.2 Å². The molecule has 1 fully saturated rings. The van der Waals surface area contributed by atoms with Gasteiger partial charge in [-0.1, -0.05) is 17.7 Å². The maximum absolute atomic E-state index is 11.1. The molecule has 0 saturated carbocycles.